The van der Waals surface area contributed by atoms with Crippen LogP contribution in [0.3, 0.4) is 0 Å². The molecular formula is C38H40F2N6O7. The molecule has 1 aromatic heterocycles. The molecule has 1 heterocycles. The van der Waals surface area contributed by atoms with Crippen molar-refractivity contribution >= 4 is 35.3 Å². The molecule has 4 aromatic rings. The molecule has 1 unspecified atom stereocenters. The third-order valence-electron chi connectivity index (χ3n) is 8.12. The average Bonchev–Trinajstić information content (AvgIpc) is 3.15. The van der Waals surface area contributed by atoms with Gasteiger partial charge in [0.2, 0.25) is 17.6 Å². The van der Waals surface area contributed by atoms with E-state index >= 15 is 8.78 Å². The van der Waals surface area contributed by atoms with Gasteiger partial charge in [-0.3, -0.25) is 33.9 Å². The highest BCUT2D eigenvalue weighted by Crippen LogP contribution is 2.21. The fraction of sp³-hybridized carbons (Fsp3) is 0.289. The quantitative estimate of drug-likeness (QED) is 0.146. The van der Waals surface area contributed by atoms with Gasteiger partial charge in [-0.05, 0) is 38.0 Å². The van der Waals surface area contributed by atoms with Crippen molar-refractivity contribution < 1.29 is 37.5 Å². The lowest BCUT2D eigenvalue weighted by molar-refractivity contribution is -0.161. The summed E-state index contributed by atoms with van der Waals surface area (Å²) in [4.78, 5) is 83.9. The average molecular weight is 731 g/mol. The number of alkyl halides is 2. The zero-order valence-electron chi connectivity index (χ0n) is 29.4. The Bertz CT molecular complexity index is 1990. The maximum atomic E-state index is 15.4. The molecule has 53 heavy (non-hydrogen) atoms. The van der Waals surface area contributed by atoms with Gasteiger partial charge in [-0.1, -0.05) is 84.4 Å². The van der Waals surface area contributed by atoms with Crippen LogP contribution in [0.15, 0.2) is 95.9 Å². The van der Waals surface area contributed by atoms with Crippen molar-refractivity contribution in [1.29, 1.82) is 0 Å². The summed E-state index contributed by atoms with van der Waals surface area (Å²) in [6.45, 7) is 4.05. The van der Waals surface area contributed by atoms with Crippen LogP contribution >= 0.6 is 0 Å². The molecule has 0 aliphatic heterocycles. The van der Waals surface area contributed by atoms with Gasteiger partial charge in [0.25, 0.3) is 11.5 Å². The van der Waals surface area contributed by atoms with E-state index in [1.807, 2.05) is 5.32 Å². The summed E-state index contributed by atoms with van der Waals surface area (Å²) in [6.07, 6.45) is -0.302. The third kappa shape index (κ3) is 10.6. The van der Waals surface area contributed by atoms with Crippen molar-refractivity contribution in [2.24, 2.45) is 0 Å². The Labute approximate surface area is 304 Å². The maximum absolute atomic E-state index is 15.4. The Morgan fingerprint density at radius 2 is 1.55 bits per heavy atom. The summed E-state index contributed by atoms with van der Waals surface area (Å²) in [5.74, 6) is -10.2. The van der Waals surface area contributed by atoms with E-state index < -0.39 is 66.6 Å². The predicted octanol–water partition coefficient (Wildman–Crippen LogP) is 3.88. The van der Waals surface area contributed by atoms with Crippen molar-refractivity contribution in [1.82, 2.24) is 25.1 Å². The molecule has 13 nitrogen and oxygen atoms in total. The van der Waals surface area contributed by atoms with Gasteiger partial charge >= 0.3 is 12.0 Å². The number of aromatic nitrogens is 2. The molecule has 0 spiro atoms. The fourth-order valence-corrected chi connectivity index (χ4v) is 5.34. The third-order valence-corrected chi connectivity index (χ3v) is 8.12. The van der Waals surface area contributed by atoms with E-state index in [1.165, 1.54) is 4.90 Å². The van der Waals surface area contributed by atoms with Crippen molar-refractivity contribution in [2.45, 2.75) is 52.3 Å². The number of halogens is 2. The first-order valence-corrected chi connectivity index (χ1v) is 16.8. The number of anilines is 1. The summed E-state index contributed by atoms with van der Waals surface area (Å²) < 4.78 is 37.0. The second-order valence-corrected chi connectivity index (χ2v) is 11.9. The molecule has 278 valence electrons. The number of nitrogens with one attached hydrogen (secondary N) is 3. The molecule has 4 rings (SSSR count). The number of rotatable bonds is 16. The van der Waals surface area contributed by atoms with Crippen molar-refractivity contribution in [3.05, 3.63) is 118 Å². The van der Waals surface area contributed by atoms with Gasteiger partial charge in [0.15, 0.2) is 0 Å². The molecule has 15 heteroatoms. The zero-order chi connectivity index (χ0) is 38.5. The van der Waals surface area contributed by atoms with Gasteiger partial charge in [-0.15, -0.1) is 0 Å². The summed E-state index contributed by atoms with van der Waals surface area (Å²) in [6, 6.07) is 21.7. The van der Waals surface area contributed by atoms with Gasteiger partial charge in [0, 0.05) is 25.1 Å². The van der Waals surface area contributed by atoms with Crippen molar-refractivity contribution in [2.75, 3.05) is 25.0 Å². The largest absolute Gasteiger partial charge is 0.444 e. The summed E-state index contributed by atoms with van der Waals surface area (Å²) in [7, 11) is 0. The van der Waals surface area contributed by atoms with Crippen molar-refractivity contribution in [3.8, 4) is 11.4 Å². The number of carbonyl (C=O) groups is 5. The van der Waals surface area contributed by atoms with Crippen LogP contribution < -0.4 is 21.5 Å². The molecule has 0 radical (unpaired) electrons. The normalized spacial score (nSPS) is 11.6. The number of amides is 4. The van der Waals surface area contributed by atoms with Crippen LogP contribution in [-0.2, 0) is 43.5 Å². The first-order valence-electron chi connectivity index (χ1n) is 16.8. The number of aryl methyl sites for hydroxylation is 1. The topological polar surface area (TPSA) is 169 Å². The molecule has 0 saturated carbocycles. The van der Waals surface area contributed by atoms with Gasteiger partial charge in [0.1, 0.15) is 24.7 Å². The Morgan fingerprint density at radius 1 is 0.906 bits per heavy atom. The highest BCUT2D eigenvalue weighted by molar-refractivity contribution is 6.11. The molecule has 0 saturated heterocycles. The number of hydrogen-bond acceptors (Lipinski definition) is 8. The van der Waals surface area contributed by atoms with Crippen LogP contribution in [0.25, 0.3) is 11.4 Å². The first-order chi connectivity index (χ1) is 25.3. The minimum Gasteiger partial charge on any atom is -0.444 e. The summed E-state index contributed by atoms with van der Waals surface area (Å²) in [5, 5.41) is 6.43. The molecular weight excluding hydrogens is 690 g/mol. The Kier molecular flexibility index (Phi) is 13.7. The zero-order valence-corrected chi connectivity index (χ0v) is 29.4. The van der Waals surface area contributed by atoms with Crippen LogP contribution in [0.1, 0.15) is 30.5 Å². The van der Waals surface area contributed by atoms with E-state index in [0.29, 0.717) is 16.7 Å². The molecule has 0 fully saturated rings. The number of benzene rings is 3. The SMILES string of the molecule is CCN(CC)C(=O)CNC(=O)C(F)(F)C(=O)C(Cc1ccccc1)NC(=O)Cn1c(-c2cccc(C)c2)ncc(NC(=O)OCc2ccccc2)c1=O. The van der Waals surface area contributed by atoms with E-state index in [4.69, 9.17) is 4.74 Å². The second kappa shape index (κ2) is 18.3. The van der Waals surface area contributed by atoms with Gasteiger partial charge < -0.3 is 20.3 Å². The van der Waals surface area contributed by atoms with E-state index in [-0.39, 0.29) is 31.2 Å². The molecule has 4 amide bonds. The van der Waals surface area contributed by atoms with E-state index in [1.54, 1.807) is 106 Å². The Morgan fingerprint density at radius 3 is 2.17 bits per heavy atom. The lowest BCUT2D eigenvalue weighted by Gasteiger charge is -2.24. The van der Waals surface area contributed by atoms with Gasteiger partial charge in [-0.2, -0.15) is 8.78 Å². The van der Waals surface area contributed by atoms with Crippen LogP contribution in [0, 0.1) is 6.92 Å². The van der Waals surface area contributed by atoms with Crippen LogP contribution in [0.2, 0.25) is 0 Å². The van der Waals surface area contributed by atoms with E-state index in [0.717, 1.165) is 16.3 Å². The number of likely N-dealkylation sites (N-methyl/N-ethyl adjacent to an activating group) is 1. The second-order valence-electron chi connectivity index (χ2n) is 11.9. The number of carbonyl (C=O) groups excluding carboxylic acids is 5. The van der Waals surface area contributed by atoms with Crippen molar-refractivity contribution in [3.63, 3.8) is 0 Å². The van der Waals surface area contributed by atoms with E-state index in [9.17, 15) is 28.8 Å². The highest BCUT2D eigenvalue weighted by atomic mass is 19.3. The van der Waals surface area contributed by atoms with Crippen LogP contribution in [0.4, 0.5) is 19.3 Å². The van der Waals surface area contributed by atoms with Gasteiger partial charge in [0.05, 0.1) is 18.8 Å². The summed E-state index contributed by atoms with van der Waals surface area (Å²) >= 11 is 0. The maximum Gasteiger partial charge on any atom is 0.412 e. The molecule has 0 aliphatic rings. The number of ketones is 1. The van der Waals surface area contributed by atoms with Crippen LogP contribution in [0.5, 0.6) is 0 Å². The Balaban J connectivity index is 1.60. The highest BCUT2D eigenvalue weighted by Gasteiger charge is 2.50. The number of hydrogen-bond donors (Lipinski definition) is 3. The number of nitrogens with zero attached hydrogens (tertiary/aromatic N) is 3. The van der Waals surface area contributed by atoms with Gasteiger partial charge in [-0.25, -0.2) is 9.78 Å². The smallest absolute Gasteiger partial charge is 0.412 e. The lowest BCUT2D eigenvalue weighted by atomic mass is 9.98. The molecule has 3 aromatic carbocycles. The molecule has 1 atom stereocenters. The molecule has 0 aliphatic carbocycles. The first kappa shape index (κ1) is 39.5. The molecule has 0 bridgehead atoms. The number of Topliss-reactive ketones (excluding diaryl/α,β-unsaturated/α-hetero) is 1. The minimum absolute atomic E-state index is 0.00515. The predicted molar refractivity (Wildman–Crippen MR) is 192 cm³/mol. The standard InChI is InChI=1S/C38H40F2N6O7/c1-4-45(5-2)32(48)22-42-36(51)38(39,40)33(49)29(20-26-14-8-6-9-15-26)43-31(47)23-46-34(28-18-12-13-25(3)19-28)41-21-30(35(46)50)44-37(52)53-24-27-16-10-7-11-17-27/h6-19,21,29H,4-5,20,22-24H2,1-3H3,(H,42,51)(H,43,47)(H,44,52). The monoisotopic (exact) mass is 730 g/mol. The summed E-state index contributed by atoms with van der Waals surface area (Å²) in [5.41, 5.74) is 1.09. The number of ether oxygens (including phenoxy) is 1. The lowest BCUT2D eigenvalue weighted by Crippen LogP contribution is -2.56. The fourth-order valence-electron chi connectivity index (χ4n) is 5.34. The minimum atomic E-state index is -4.65. The van der Waals surface area contributed by atoms with E-state index in [2.05, 4.69) is 15.6 Å². The Hall–Kier alpha value is -6.25. The van der Waals surface area contributed by atoms with Crippen LogP contribution in [-0.4, -0.2) is 75.6 Å². The molecule has 3 N–H and O–H groups in total.